The van der Waals surface area contributed by atoms with Crippen molar-refractivity contribution in [3.63, 3.8) is 0 Å². The van der Waals surface area contributed by atoms with E-state index in [9.17, 15) is 8.42 Å². The van der Waals surface area contributed by atoms with Crippen LogP contribution >= 0.6 is 0 Å². The summed E-state index contributed by atoms with van der Waals surface area (Å²) in [5.41, 5.74) is 1.67. The van der Waals surface area contributed by atoms with Crippen LogP contribution in [0.4, 0.5) is 0 Å². The number of ether oxygens (including phenoxy) is 1. The third-order valence-corrected chi connectivity index (χ3v) is 5.75. The summed E-state index contributed by atoms with van der Waals surface area (Å²) in [6.45, 7) is 6.31. The summed E-state index contributed by atoms with van der Waals surface area (Å²) in [5, 5.41) is 0. The molecule has 6 heteroatoms. The summed E-state index contributed by atoms with van der Waals surface area (Å²) in [7, 11) is 0.237. The minimum Gasteiger partial charge on any atom is -0.496 e. The number of nitrogens with zero attached hydrogens (tertiary/aromatic N) is 1. The molecule has 0 aromatic heterocycles. The molecule has 5 nitrogen and oxygen atoms in total. The summed E-state index contributed by atoms with van der Waals surface area (Å²) >= 11 is 0. The molecule has 0 atom stereocenters. The van der Waals surface area contributed by atoms with E-state index in [2.05, 4.69) is 16.7 Å². The van der Waals surface area contributed by atoms with Gasteiger partial charge in [0.15, 0.2) is 0 Å². The molecule has 22 heavy (non-hydrogen) atoms. The molecule has 1 aliphatic heterocycles. The highest BCUT2D eigenvalue weighted by molar-refractivity contribution is 7.89. The van der Waals surface area contributed by atoms with Crippen molar-refractivity contribution in [2.75, 3.05) is 33.8 Å². The number of methoxy groups -OCH3 is 1. The molecule has 1 N–H and O–H groups in total. The Morgan fingerprint density at radius 2 is 1.77 bits per heavy atom. The number of nitrogens with one attached hydrogen (secondary N) is 1. The summed E-state index contributed by atoms with van der Waals surface area (Å²) in [5.74, 6) is 1.17. The number of sulfonamides is 1. The average Bonchev–Trinajstić information content (AvgIpc) is 2.46. The lowest BCUT2D eigenvalue weighted by Crippen LogP contribution is -2.36. The van der Waals surface area contributed by atoms with E-state index in [1.165, 1.54) is 0 Å². The minimum absolute atomic E-state index is 0.316. The predicted octanol–water partition coefficient (Wildman–Crippen LogP) is 1.93. The third-order valence-electron chi connectivity index (χ3n) is 4.35. The number of aryl methyl sites for hydroxylation is 2. The molecule has 0 spiro atoms. The first kappa shape index (κ1) is 17.2. The monoisotopic (exact) mass is 326 g/mol. The predicted molar refractivity (Wildman–Crippen MR) is 87.9 cm³/mol. The Hall–Kier alpha value is -1.11. The van der Waals surface area contributed by atoms with Gasteiger partial charge in [0.2, 0.25) is 10.0 Å². The number of piperidine rings is 1. The van der Waals surface area contributed by atoms with Crippen molar-refractivity contribution in [1.82, 2.24) is 9.62 Å². The lowest BCUT2D eigenvalue weighted by atomic mass is 9.98. The molecule has 1 aromatic rings. The second kappa shape index (κ2) is 6.98. The van der Waals surface area contributed by atoms with Crippen molar-refractivity contribution < 1.29 is 13.2 Å². The van der Waals surface area contributed by atoms with Crippen LogP contribution in [0, 0.1) is 19.8 Å². The van der Waals surface area contributed by atoms with Crippen LogP contribution in [0.3, 0.4) is 0 Å². The average molecular weight is 326 g/mol. The molecule has 0 aliphatic carbocycles. The van der Waals surface area contributed by atoms with E-state index in [0.29, 0.717) is 17.4 Å². The number of rotatable bonds is 5. The number of hydrogen-bond donors (Lipinski definition) is 1. The highest BCUT2D eigenvalue weighted by Gasteiger charge is 2.21. The Balaban J connectivity index is 2.07. The zero-order valence-corrected chi connectivity index (χ0v) is 14.7. The fourth-order valence-electron chi connectivity index (χ4n) is 2.96. The van der Waals surface area contributed by atoms with E-state index in [1.54, 1.807) is 19.2 Å². The van der Waals surface area contributed by atoms with E-state index >= 15 is 0 Å². The van der Waals surface area contributed by atoms with Crippen molar-refractivity contribution in [1.29, 1.82) is 0 Å². The second-order valence-electron chi connectivity index (χ2n) is 6.19. The van der Waals surface area contributed by atoms with Crippen LogP contribution in [0.1, 0.15) is 24.0 Å². The molecule has 124 valence electrons. The lowest BCUT2D eigenvalue weighted by molar-refractivity contribution is 0.220. The van der Waals surface area contributed by atoms with Gasteiger partial charge in [-0.3, -0.25) is 0 Å². The Morgan fingerprint density at radius 3 is 2.27 bits per heavy atom. The fourth-order valence-corrected chi connectivity index (χ4v) is 4.25. The molecule has 0 amide bonds. The van der Waals surface area contributed by atoms with E-state index in [-0.39, 0.29) is 0 Å². The van der Waals surface area contributed by atoms with Gasteiger partial charge in [0.05, 0.1) is 12.0 Å². The van der Waals surface area contributed by atoms with Crippen LogP contribution in [0.25, 0.3) is 0 Å². The number of hydrogen-bond acceptors (Lipinski definition) is 4. The molecule has 1 aromatic carbocycles. The van der Waals surface area contributed by atoms with Gasteiger partial charge in [-0.05, 0) is 76.0 Å². The van der Waals surface area contributed by atoms with Gasteiger partial charge in [-0.2, -0.15) is 0 Å². The largest absolute Gasteiger partial charge is 0.496 e. The molecular weight excluding hydrogens is 300 g/mol. The van der Waals surface area contributed by atoms with Crippen molar-refractivity contribution in [3.8, 4) is 5.75 Å². The van der Waals surface area contributed by atoms with Gasteiger partial charge in [0.25, 0.3) is 0 Å². The molecule has 0 unspecified atom stereocenters. The van der Waals surface area contributed by atoms with E-state index in [0.717, 1.165) is 42.8 Å². The molecular formula is C16H26N2O3S. The van der Waals surface area contributed by atoms with Crippen LogP contribution in [-0.4, -0.2) is 47.1 Å². The van der Waals surface area contributed by atoms with Crippen LogP contribution in [-0.2, 0) is 10.0 Å². The molecule has 1 saturated heterocycles. The quantitative estimate of drug-likeness (QED) is 0.898. The summed E-state index contributed by atoms with van der Waals surface area (Å²) in [6, 6.07) is 3.34. The van der Waals surface area contributed by atoms with Gasteiger partial charge in [0.1, 0.15) is 5.75 Å². The van der Waals surface area contributed by atoms with E-state index in [4.69, 9.17) is 4.74 Å². The topological polar surface area (TPSA) is 58.6 Å². The maximum absolute atomic E-state index is 12.5. The Labute approximate surface area is 133 Å². The highest BCUT2D eigenvalue weighted by atomic mass is 32.2. The first-order valence-corrected chi connectivity index (χ1v) is 9.15. The Kier molecular flexibility index (Phi) is 5.47. The summed E-state index contributed by atoms with van der Waals surface area (Å²) in [6.07, 6.45) is 2.08. The molecule has 1 heterocycles. The van der Waals surface area contributed by atoms with Gasteiger partial charge in [-0.25, -0.2) is 13.1 Å². The van der Waals surface area contributed by atoms with Gasteiger partial charge < -0.3 is 9.64 Å². The number of benzene rings is 1. The van der Waals surface area contributed by atoms with Gasteiger partial charge in [-0.15, -0.1) is 0 Å². The zero-order valence-electron chi connectivity index (χ0n) is 13.8. The standard InChI is InChI=1S/C16H26N2O3S/c1-12-9-15(10-13(2)16(12)21-4)22(19,20)17-11-14-5-7-18(3)8-6-14/h9-10,14,17H,5-8,11H2,1-4H3. The van der Waals surface area contributed by atoms with Gasteiger partial charge in [-0.1, -0.05) is 0 Å². The minimum atomic E-state index is -3.46. The first-order valence-electron chi connectivity index (χ1n) is 7.67. The summed E-state index contributed by atoms with van der Waals surface area (Å²) < 4.78 is 33.0. The van der Waals surface area contributed by atoms with E-state index < -0.39 is 10.0 Å². The normalized spacial score (nSPS) is 17.6. The van der Waals surface area contributed by atoms with E-state index in [1.807, 2.05) is 13.8 Å². The first-order chi connectivity index (χ1) is 10.3. The van der Waals surface area contributed by atoms with Crippen LogP contribution in [0.5, 0.6) is 5.75 Å². The van der Waals surface area contributed by atoms with Gasteiger partial charge >= 0.3 is 0 Å². The molecule has 2 rings (SSSR count). The summed E-state index contributed by atoms with van der Waals surface area (Å²) in [4.78, 5) is 2.59. The van der Waals surface area contributed by atoms with Crippen molar-refractivity contribution in [2.45, 2.75) is 31.6 Å². The Morgan fingerprint density at radius 1 is 1.23 bits per heavy atom. The molecule has 1 fully saturated rings. The molecule has 0 bridgehead atoms. The SMILES string of the molecule is COc1c(C)cc(S(=O)(=O)NCC2CCN(C)CC2)cc1C. The highest BCUT2D eigenvalue weighted by Crippen LogP contribution is 2.26. The van der Waals surface area contributed by atoms with Gasteiger partial charge in [0, 0.05) is 6.54 Å². The van der Waals surface area contributed by atoms with Crippen molar-refractivity contribution >= 4 is 10.0 Å². The molecule has 0 saturated carbocycles. The van der Waals surface area contributed by atoms with Crippen LogP contribution < -0.4 is 9.46 Å². The maximum Gasteiger partial charge on any atom is 0.240 e. The molecule has 1 aliphatic rings. The lowest BCUT2D eigenvalue weighted by Gasteiger charge is -2.28. The molecule has 0 radical (unpaired) electrons. The fraction of sp³-hybridized carbons (Fsp3) is 0.625. The van der Waals surface area contributed by atoms with Crippen molar-refractivity contribution in [3.05, 3.63) is 23.3 Å². The van der Waals surface area contributed by atoms with Crippen LogP contribution in [0.2, 0.25) is 0 Å². The number of likely N-dealkylation sites (tertiary alicyclic amines) is 1. The Bertz CT molecular complexity index is 597. The second-order valence-corrected chi connectivity index (χ2v) is 7.96. The zero-order chi connectivity index (χ0) is 16.3. The van der Waals surface area contributed by atoms with Crippen molar-refractivity contribution in [2.24, 2.45) is 5.92 Å². The smallest absolute Gasteiger partial charge is 0.240 e. The third kappa shape index (κ3) is 4.00. The van der Waals surface area contributed by atoms with Crippen LogP contribution in [0.15, 0.2) is 17.0 Å². The maximum atomic E-state index is 12.5.